The summed E-state index contributed by atoms with van der Waals surface area (Å²) in [4.78, 5) is 11.6. The van der Waals surface area contributed by atoms with Gasteiger partial charge < -0.3 is 16.8 Å². The molecular weight excluding hydrogens is 260 g/mol. The van der Waals surface area contributed by atoms with Crippen LogP contribution in [-0.2, 0) is 4.79 Å². The van der Waals surface area contributed by atoms with Gasteiger partial charge in [-0.05, 0) is 6.08 Å². The largest absolute Gasteiger partial charge is 0.389 e. The van der Waals surface area contributed by atoms with Crippen molar-refractivity contribution >= 4 is 30.3 Å². The molecule has 0 bridgehead atoms. The van der Waals surface area contributed by atoms with Gasteiger partial charge in [0.2, 0.25) is 5.91 Å². The van der Waals surface area contributed by atoms with Crippen molar-refractivity contribution in [2.24, 2.45) is 16.9 Å². The highest BCUT2D eigenvalue weighted by Gasteiger charge is 2.21. The number of carbonyl (C=O) groups is 1. The van der Waals surface area contributed by atoms with Crippen LogP contribution >= 0.6 is 24.4 Å². The molecule has 0 saturated heterocycles. The fourth-order valence-electron chi connectivity index (χ4n) is 0.832. The van der Waals surface area contributed by atoms with E-state index in [1.807, 2.05) is 0 Å². The van der Waals surface area contributed by atoms with Crippen LogP contribution in [0, 0.1) is 5.41 Å². The molecule has 6 N–H and O–H groups in total. The molecular formula is C10H19ClN4OS. The van der Waals surface area contributed by atoms with E-state index in [0.29, 0.717) is 12.1 Å². The Morgan fingerprint density at radius 3 is 2.29 bits per heavy atom. The van der Waals surface area contributed by atoms with Crippen molar-refractivity contribution in [3.05, 3.63) is 22.6 Å². The Morgan fingerprint density at radius 1 is 1.41 bits per heavy atom. The summed E-state index contributed by atoms with van der Waals surface area (Å²) in [5.74, 6) is 0.00434. The number of carbonyl (C=O) groups excluding carboxylic acids is 1. The molecule has 0 unspecified atom stereocenters. The second-order valence-corrected chi connectivity index (χ2v) is 5.24. The number of halogens is 1. The zero-order chi connectivity index (χ0) is 13.6. The second-order valence-electron chi connectivity index (χ2n) is 4.51. The van der Waals surface area contributed by atoms with Crippen molar-refractivity contribution in [2.75, 3.05) is 6.54 Å². The van der Waals surface area contributed by atoms with Gasteiger partial charge in [0.15, 0.2) is 0 Å². The first kappa shape index (κ1) is 16.1. The minimum absolute atomic E-state index is 0.0968. The summed E-state index contributed by atoms with van der Waals surface area (Å²) in [5.41, 5.74) is 11.1. The maximum absolute atomic E-state index is 11.6. The molecule has 0 rings (SSSR count). The molecule has 0 aromatic heterocycles. The average molecular weight is 279 g/mol. The van der Waals surface area contributed by atoms with Crippen molar-refractivity contribution in [2.45, 2.75) is 20.8 Å². The first-order chi connectivity index (χ1) is 7.68. The molecule has 0 fully saturated rings. The van der Waals surface area contributed by atoms with Gasteiger partial charge in [0.1, 0.15) is 11.0 Å². The van der Waals surface area contributed by atoms with Crippen molar-refractivity contribution in [3.63, 3.8) is 0 Å². The molecule has 0 aliphatic heterocycles. The lowest BCUT2D eigenvalue weighted by Gasteiger charge is -2.17. The van der Waals surface area contributed by atoms with Gasteiger partial charge in [-0.2, -0.15) is 0 Å². The van der Waals surface area contributed by atoms with Gasteiger partial charge in [-0.25, -0.2) is 0 Å². The van der Waals surface area contributed by atoms with Crippen molar-refractivity contribution in [1.29, 1.82) is 0 Å². The molecule has 7 heteroatoms. The summed E-state index contributed by atoms with van der Waals surface area (Å²) in [7, 11) is 0. The summed E-state index contributed by atoms with van der Waals surface area (Å²) in [6, 6.07) is 0. The number of hydrogen-bond donors (Lipinski definition) is 5. The number of hydrogen-bond acceptors (Lipinski definition) is 5. The van der Waals surface area contributed by atoms with Crippen LogP contribution in [0.5, 0.6) is 0 Å². The van der Waals surface area contributed by atoms with E-state index in [1.165, 1.54) is 6.08 Å². The number of nitrogens with two attached hydrogens (primary N) is 2. The van der Waals surface area contributed by atoms with Crippen LogP contribution in [0.3, 0.4) is 0 Å². The lowest BCUT2D eigenvalue weighted by Crippen LogP contribution is -2.36. The minimum Gasteiger partial charge on any atom is -0.389 e. The Balaban J connectivity index is 4.76. The van der Waals surface area contributed by atoms with Crippen molar-refractivity contribution in [1.82, 2.24) is 10.0 Å². The summed E-state index contributed by atoms with van der Waals surface area (Å²) in [5, 5.41) is 2.66. The monoisotopic (exact) mass is 278 g/mol. The van der Waals surface area contributed by atoms with Gasteiger partial charge >= 0.3 is 0 Å². The van der Waals surface area contributed by atoms with Crippen LogP contribution in [0.25, 0.3) is 0 Å². The maximum Gasteiger partial charge on any atom is 0.230 e. The third kappa shape index (κ3) is 6.45. The Bertz CT molecular complexity index is 343. The average Bonchev–Trinajstić information content (AvgIpc) is 2.15. The fourth-order valence-corrected chi connectivity index (χ4v) is 1.12. The van der Waals surface area contributed by atoms with Gasteiger partial charge in [0.25, 0.3) is 0 Å². The molecule has 0 aliphatic carbocycles. The summed E-state index contributed by atoms with van der Waals surface area (Å²) < 4.78 is 2.60. The van der Waals surface area contributed by atoms with Gasteiger partial charge in [-0.1, -0.05) is 45.2 Å². The van der Waals surface area contributed by atoms with Crippen LogP contribution in [0.2, 0.25) is 0 Å². The van der Waals surface area contributed by atoms with Crippen LogP contribution in [-0.4, -0.2) is 12.5 Å². The van der Waals surface area contributed by atoms with Gasteiger partial charge in [-0.3, -0.25) is 9.52 Å². The highest BCUT2D eigenvalue weighted by Crippen LogP contribution is 2.13. The Kier molecular flexibility index (Phi) is 6.44. The summed E-state index contributed by atoms with van der Waals surface area (Å²) in [6.07, 6.45) is 1.50. The van der Waals surface area contributed by atoms with Crippen LogP contribution < -0.4 is 21.5 Å². The number of rotatable bonds is 4. The normalized spacial score (nSPS) is 14.3. The molecule has 0 aromatic carbocycles. The van der Waals surface area contributed by atoms with E-state index in [2.05, 4.69) is 22.9 Å². The van der Waals surface area contributed by atoms with E-state index in [9.17, 15) is 4.79 Å². The predicted octanol–water partition coefficient (Wildman–Crippen LogP) is 0.792. The molecule has 0 aliphatic rings. The SMILES string of the molecule is CC(C)(C)C(=O)N/C(N)=C/C(CNS)=C(\N)Cl. The zero-order valence-corrected chi connectivity index (χ0v) is 11.8. The highest BCUT2D eigenvalue weighted by molar-refractivity contribution is 7.78. The fraction of sp³-hybridized carbons (Fsp3) is 0.500. The molecule has 98 valence electrons. The second kappa shape index (κ2) is 6.78. The Labute approximate surface area is 112 Å². The maximum atomic E-state index is 11.6. The Hall–Kier alpha value is -0.850. The van der Waals surface area contributed by atoms with E-state index in [-0.39, 0.29) is 16.9 Å². The van der Waals surface area contributed by atoms with Crippen LogP contribution in [0.1, 0.15) is 20.8 Å². The molecule has 0 radical (unpaired) electrons. The highest BCUT2D eigenvalue weighted by atomic mass is 35.5. The molecule has 17 heavy (non-hydrogen) atoms. The van der Waals surface area contributed by atoms with Crippen molar-refractivity contribution in [3.8, 4) is 0 Å². The first-order valence-corrected chi connectivity index (χ1v) is 5.80. The molecule has 0 saturated carbocycles. The van der Waals surface area contributed by atoms with E-state index < -0.39 is 5.41 Å². The van der Waals surface area contributed by atoms with Crippen LogP contribution in [0.4, 0.5) is 0 Å². The lowest BCUT2D eigenvalue weighted by molar-refractivity contribution is -0.127. The van der Waals surface area contributed by atoms with Crippen molar-refractivity contribution < 1.29 is 4.79 Å². The standard InChI is InChI=1S/C10H19ClN4OS/c1-10(2,3)9(16)15-7(12)4-6(5-14-17)8(11)13/h4,14,17H,5,12-13H2,1-3H3,(H,15,16)/b7-4+,8-6+. The van der Waals surface area contributed by atoms with Crippen LogP contribution in [0.15, 0.2) is 22.6 Å². The first-order valence-electron chi connectivity index (χ1n) is 4.98. The third-order valence-electron chi connectivity index (χ3n) is 1.85. The van der Waals surface area contributed by atoms with Gasteiger partial charge in [0.05, 0.1) is 0 Å². The lowest BCUT2D eigenvalue weighted by atomic mass is 9.96. The topological polar surface area (TPSA) is 93.2 Å². The molecule has 0 spiro atoms. The van der Waals surface area contributed by atoms with Gasteiger partial charge in [-0.15, -0.1) is 0 Å². The number of nitrogens with one attached hydrogen (secondary N) is 2. The van der Waals surface area contributed by atoms with E-state index >= 15 is 0 Å². The van der Waals surface area contributed by atoms with E-state index in [1.54, 1.807) is 20.8 Å². The molecule has 0 heterocycles. The number of amides is 1. The molecule has 0 atom stereocenters. The smallest absolute Gasteiger partial charge is 0.230 e. The molecule has 0 aromatic rings. The van der Waals surface area contributed by atoms with Gasteiger partial charge in [0, 0.05) is 17.5 Å². The molecule has 5 nitrogen and oxygen atoms in total. The molecule has 1 amide bonds. The van der Waals surface area contributed by atoms with E-state index in [4.69, 9.17) is 23.1 Å². The predicted molar refractivity (Wildman–Crippen MR) is 73.9 cm³/mol. The summed E-state index contributed by atoms with van der Waals surface area (Å²) >= 11 is 9.50. The summed E-state index contributed by atoms with van der Waals surface area (Å²) in [6.45, 7) is 5.71. The third-order valence-corrected chi connectivity index (χ3v) is 2.25. The Morgan fingerprint density at radius 2 is 1.94 bits per heavy atom. The minimum atomic E-state index is -0.517. The quantitative estimate of drug-likeness (QED) is 0.299. The van der Waals surface area contributed by atoms with E-state index in [0.717, 1.165) is 0 Å². The number of thiol groups is 1. The zero-order valence-electron chi connectivity index (χ0n) is 10.2.